The van der Waals surface area contributed by atoms with Gasteiger partial charge in [0.1, 0.15) is 5.75 Å². The van der Waals surface area contributed by atoms with E-state index in [0.717, 1.165) is 39.2 Å². The fraction of sp³-hybridized carbons (Fsp3) is 0.227. The molecule has 0 bridgehead atoms. The SMILES string of the molecule is C=C.C=C(/C=C\C)N(C)c1ccc(C)cc1.C=C(C)c1cc(O)c2c3c(Cl)cc(N)c4c(-c5cc(N/C(C)=C/C=C\C)ccc5C)cc(Cl)c(c5c(Cl)cc(C(C)=O)c1c25)c43.Cc1c(C(C)C)cccc1C(C)C. The number of Topliss-reactive ketones (excluding diaryl/α,β-unsaturated/α-hetero) is 1. The highest BCUT2D eigenvalue weighted by atomic mass is 35.5. The lowest BCUT2D eigenvalue weighted by Gasteiger charge is -2.24. The van der Waals surface area contributed by atoms with Crippen LogP contribution in [0.2, 0.25) is 15.1 Å². The fourth-order valence-corrected chi connectivity index (χ4v) is 10.6. The number of carbonyl (C=O) groups excluding carboxylic acids is 1. The minimum absolute atomic E-state index is 0.00978. The van der Waals surface area contributed by atoms with Gasteiger partial charge in [-0.1, -0.05) is 141 Å². The van der Waals surface area contributed by atoms with E-state index in [-0.39, 0.29) is 11.5 Å². The van der Waals surface area contributed by atoms with Crippen molar-refractivity contribution in [3.63, 3.8) is 0 Å². The molecule has 74 heavy (non-hydrogen) atoms. The molecule has 0 heterocycles. The maximum absolute atomic E-state index is 13.0. The largest absolute Gasteiger partial charge is 0.507 e. The van der Waals surface area contributed by atoms with Crippen LogP contribution in [-0.4, -0.2) is 17.9 Å². The van der Waals surface area contributed by atoms with Gasteiger partial charge in [0.15, 0.2) is 5.78 Å². The number of hydrogen-bond acceptors (Lipinski definition) is 5. The molecule has 8 rings (SSSR count). The lowest BCUT2D eigenvalue weighted by Crippen LogP contribution is -2.13. The van der Waals surface area contributed by atoms with Crippen LogP contribution in [0.5, 0.6) is 5.75 Å². The summed E-state index contributed by atoms with van der Waals surface area (Å²) in [6.07, 6.45) is 9.95. The zero-order chi connectivity index (χ0) is 55.0. The quantitative estimate of drug-likeness (QED) is 0.0300. The average molecular weight is 1050 g/mol. The van der Waals surface area contributed by atoms with E-state index >= 15 is 0 Å². The Bertz CT molecular complexity index is 3400. The number of aryl methyl sites for hydroxylation is 2. The standard InChI is InChI=1S/C38H31Cl3N2O2.C13H17N.C13H20.C2H4/c1-7-8-9-19(5)43-21-11-10-18(4)23(12-21)25-14-27(40)34-33-26(39)13-24(20(6)44)31-22(17(2)3)15-30(45)36(37(31)33)35-28(41)16-29(42)32(25)38(34)35;1-5-6-12(3)14(4)13-9-7-11(2)8-10-13;1-9(2)12-7-6-8-13(10(3)4)11(12)5;1-2/h7-16,43,45H,2,42H2,1,3-6H3;5-10H,3H2,1-2,4H3;6-10H,1-5H3;1-2H2/b8-7-,19-9+;6-5-;;. The van der Waals surface area contributed by atoms with Crippen LogP contribution in [0.15, 0.2) is 153 Å². The van der Waals surface area contributed by atoms with Crippen molar-refractivity contribution in [2.24, 2.45) is 0 Å². The Morgan fingerprint density at radius 3 is 1.77 bits per heavy atom. The van der Waals surface area contributed by atoms with Crippen molar-refractivity contribution in [2.45, 2.75) is 94.9 Å². The van der Waals surface area contributed by atoms with Crippen LogP contribution in [0, 0.1) is 20.8 Å². The second kappa shape index (κ2) is 25.0. The number of nitrogens with zero attached hydrogens (tertiary/aromatic N) is 1. The number of halogens is 3. The second-order valence-corrected chi connectivity index (χ2v) is 20.5. The summed E-state index contributed by atoms with van der Waals surface area (Å²) in [6.45, 7) is 38.8. The number of allylic oxidation sites excluding steroid dienone is 7. The molecule has 0 unspecified atom stereocenters. The molecule has 0 saturated heterocycles. The molecule has 8 heteroatoms. The van der Waals surface area contributed by atoms with E-state index in [4.69, 9.17) is 40.5 Å². The van der Waals surface area contributed by atoms with Gasteiger partial charge in [0.2, 0.25) is 0 Å². The van der Waals surface area contributed by atoms with Crippen LogP contribution >= 0.6 is 34.8 Å². The Kier molecular flexibility index (Phi) is 19.6. The van der Waals surface area contributed by atoms with Crippen LogP contribution in [0.3, 0.4) is 0 Å². The first-order valence-electron chi connectivity index (χ1n) is 24.9. The van der Waals surface area contributed by atoms with Crippen LogP contribution < -0.4 is 16.0 Å². The monoisotopic (exact) mass is 1040 g/mol. The predicted molar refractivity (Wildman–Crippen MR) is 330 cm³/mol. The summed E-state index contributed by atoms with van der Waals surface area (Å²) in [5.74, 6) is 1.10. The Morgan fingerprint density at radius 1 is 0.676 bits per heavy atom. The van der Waals surface area contributed by atoms with E-state index in [1.807, 2.05) is 90.2 Å². The number of phenols is 1. The number of rotatable bonds is 11. The number of benzene rings is 8. The van der Waals surface area contributed by atoms with Crippen molar-refractivity contribution in [1.29, 1.82) is 0 Å². The van der Waals surface area contributed by atoms with Gasteiger partial charge in [0.05, 0.1) is 5.02 Å². The zero-order valence-corrected chi connectivity index (χ0v) is 47.7. The summed E-state index contributed by atoms with van der Waals surface area (Å²) in [6, 6.07) is 28.2. The van der Waals surface area contributed by atoms with E-state index in [9.17, 15) is 9.90 Å². The number of nitrogen functional groups attached to an aromatic ring is 1. The number of phenolic OH excluding ortho intramolecular Hbond substituents is 1. The fourth-order valence-electron chi connectivity index (χ4n) is 9.66. The number of anilines is 3. The van der Waals surface area contributed by atoms with Crippen LogP contribution in [0.1, 0.15) is 118 Å². The van der Waals surface area contributed by atoms with Gasteiger partial charge in [-0.25, -0.2) is 0 Å². The average Bonchev–Trinajstić information content (AvgIpc) is 3.35. The third kappa shape index (κ3) is 12.1. The van der Waals surface area contributed by atoms with Crippen molar-refractivity contribution in [3.05, 3.63) is 207 Å². The molecule has 0 spiro atoms. The van der Waals surface area contributed by atoms with Gasteiger partial charge >= 0.3 is 0 Å². The van der Waals surface area contributed by atoms with Gasteiger partial charge in [-0.3, -0.25) is 4.79 Å². The number of ketones is 1. The Hall–Kier alpha value is -6.76. The van der Waals surface area contributed by atoms with Gasteiger partial charge in [-0.2, -0.15) is 0 Å². The number of carbonyl (C=O) groups is 1. The lowest BCUT2D eigenvalue weighted by atomic mass is 9.82. The third-order valence-corrected chi connectivity index (χ3v) is 14.2. The topological polar surface area (TPSA) is 78.6 Å². The number of nitrogens with one attached hydrogen (secondary N) is 1. The van der Waals surface area contributed by atoms with Gasteiger partial charge in [-0.15, -0.1) is 13.2 Å². The molecule has 0 saturated carbocycles. The first-order valence-corrected chi connectivity index (χ1v) is 26.0. The van der Waals surface area contributed by atoms with Crippen molar-refractivity contribution in [3.8, 4) is 16.9 Å². The van der Waals surface area contributed by atoms with E-state index in [1.54, 1.807) is 18.2 Å². The maximum Gasteiger partial charge on any atom is 0.160 e. The molecule has 8 aromatic rings. The maximum atomic E-state index is 13.0. The highest BCUT2D eigenvalue weighted by Gasteiger charge is 2.28. The third-order valence-electron chi connectivity index (χ3n) is 13.3. The number of aromatic hydroxyl groups is 1. The Balaban J connectivity index is 0.000000284. The molecule has 5 nitrogen and oxygen atoms in total. The van der Waals surface area contributed by atoms with Gasteiger partial charge in [0, 0.05) is 94.2 Å². The molecule has 8 aromatic carbocycles. The van der Waals surface area contributed by atoms with Crippen LogP contribution in [-0.2, 0) is 0 Å². The predicted octanol–water partition coefficient (Wildman–Crippen LogP) is 20.7. The summed E-state index contributed by atoms with van der Waals surface area (Å²) in [5, 5.41) is 21.2. The smallest absolute Gasteiger partial charge is 0.160 e. The van der Waals surface area contributed by atoms with Crippen LogP contribution in [0.25, 0.3) is 59.8 Å². The lowest BCUT2D eigenvalue weighted by molar-refractivity contribution is 0.101. The molecule has 0 amide bonds. The molecule has 0 aliphatic rings. The molecular weight excluding hydrogens is 973 g/mol. The summed E-state index contributed by atoms with van der Waals surface area (Å²) < 4.78 is 0. The molecule has 4 N–H and O–H groups in total. The number of likely N-dealkylation sites (N-methyl/N-ethyl adjacent to an activating group) is 1. The van der Waals surface area contributed by atoms with Gasteiger partial charge < -0.3 is 21.1 Å². The summed E-state index contributed by atoms with van der Waals surface area (Å²) in [7, 11) is 2.02. The van der Waals surface area contributed by atoms with Crippen LogP contribution in [0.4, 0.5) is 17.1 Å². The number of hydrogen-bond donors (Lipinski definition) is 3. The van der Waals surface area contributed by atoms with Gasteiger partial charge in [-0.05, 0) is 167 Å². The summed E-state index contributed by atoms with van der Waals surface area (Å²) in [5.41, 5.74) is 21.6. The Labute approximate surface area is 455 Å². The van der Waals surface area contributed by atoms with E-state index < -0.39 is 0 Å². The van der Waals surface area contributed by atoms with Crippen molar-refractivity contribution >= 4 is 106 Å². The van der Waals surface area contributed by atoms with E-state index in [2.05, 4.69) is 127 Å². The molecule has 0 atom stereocenters. The van der Waals surface area contributed by atoms with Gasteiger partial charge in [0.25, 0.3) is 0 Å². The molecule has 0 fully saturated rings. The highest BCUT2D eigenvalue weighted by molar-refractivity contribution is 6.53. The molecular formula is C66H72Cl3N3O2. The molecule has 384 valence electrons. The first kappa shape index (κ1) is 58.1. The molecule has 0 radical (unpaired) electrons. The van der Waals surface area contributed by atoms with E-state index in [1.165, 1.54) is 34.9 Å². The second-order valence-electron chi connectivity index (χ2n) is 19.3. The zero-order valence-electron chi connectivity index (χ0n) is 45.5. The Morgan fingerprint density at radius 2 is 1.23 bits per heavy atom. The van der Waals surface area contributed by atoms with Crippen molar-refractivity contribution < 1.29 is 9.90 Å². The highest BCUT2D eigenvalue weighted by Crippen LogP contribution is 2.55. The molecule has 0 aliphatic heterocycles. The van der Waals surface area contributed by atoms with Crippen molar-refractivity contribution in [1.82, 2.24) is 0 Å². The van der Waals surface area contributed by atoms with Crippen molar-refractivity contribution in [2.75, 3.05) is 23.0 Å². The number of nitrogens with two attached hydrogens (primary N) is 1. The summed E-state index contributed by atoms with van der Waals surface area (Å²) >= 11 is 21.3. The van der Waals surface area contributed by atoms with E-state index in [0.29, 0.717) is 87.0 Å². The minimum Gasteiger partial charge on any atom is -0.507 e. The normalized spacial score (nSPS) is 11.6. The summed E-state index contributed by atoms with van der Waals surface area (Å²) in [4.78, 5) is 15.0. The molecule has 0 aromatic heterocycles. The first-order chi connectivity index (χ1) is 35.0. The molecule has 0 aliphatic carbocycles. The number of fused-ring (bicyclic) bond motifs is 2. The minimum atomic E-state index is -0.164.